The number of hydrogen-bond donors (Lipinski definition) is 2. The lowest BCUT2D eigenvalue weighted by Gasteiger charge is -2.16. The number of carbonyl (C=O) groups excluding carboxylic acids is 1. The molecule has 2 heterocycles. The summed E-state index contributed by atoms with van der Waals surface area (Å²) in [4.78, 5) is 14.8. The Labute approximate surface area is 169 Å². The fourth-order valence-corrected chi connectivity index (χ4v) is 3.61. The molecule has 28 heavy (non-hydrogen) atoms. The fourth-order valence-electron chi connectivity index (χ4n) is 3.49. The van der Waals surface area contributed by atoms with Crippen molar-refractivity contribution in [3.63, 3.8) is 0 Å². The van der Waals surface area contributed by atoms with Gasteiger partial charge in [-0.15, -0.1) is 0 Å². The van der Waals surface area contributed by atoms with Gasteiger partial charge in [0.2, 0.25) is 0 Å². The molecule has 3 aromatic rings. The summed E-state index contributed by atoms with van der Waals surface area (Å²) in [6.07, 6.45) is 0.903. The molecule has 2 N–H and O–H groups in total. The van der Waals surface area contributed by atoms with Gasteiger partial charge in [-0.05, 0) is 61.2 Å². The second-order valence-corrected chi connectivity index (χ2v) is 7.79. The van der Waals surface area contributed by atoms with Crippen molar-refractivity contribution < 1.29 is 4.79 Å². The average molecular weight is 395 g/mol. The second kappa shape index (κ2) is 7.68. The first-order valence-electron chi connectivity index (χ1n) is 9.44. The van der Waals surface area contributed by atoms with Gasteiger partial charge in [0.05, 0.1) is 5.69 Å². The third-order valence-corrected chi connectivity index (χ3v) is 5.59. The number of aromatic amines is 1. The molecule has 144 valence electrons. The first-order chi connectivity index (χ1) is 13.5. The Morgan fingerprint density at radius 1 is 1.14 bits per heavy atom. The van der Waals surface area contributed by atoms with E-state index in [4.69, 9.17) is 11.6 Å². The van der Waals surface area contributed by atoms with Gasteiger partial charge in [-0.1, -0.05) is 29.8 Å². The maximum absolute atomic E-state index is 12.6. The van der Waals surface area contributed by atoms with E-state index in [1.54, 1.807) is 0 Å². The number of hydrogen-bond acceptors (Lipinski definition) is 3. The molecule has 0 saturated carbocycles. The summed E-state index contributed by atoms with van der Waals surface area (Å²) in [5.74, 6) is 0.881. The molecule has 2 aromatic carbocycles. The Balaban J connectivity index is 1.39. The molecule has 0 spiro atoms. The van der Waals surface area contributed by atoms with Crippen LogP contribution in [0.25, 0.3) is 11.3 Å². The standard InChI is InChI=1S/C22H23ClN4O/c1-14-3-4-17(11-15(14)2)22(28)24-19-9-10-27(13-19)21-12-20(25-26-21)16-5-7-18(23)8-6-16/h3-8,11-12,19H,9-10,13H2,1-2H3,(H,24,28)(H,25,26)/t19-/m1/s1. The molecular weight excluding hydrogens is 372 g/mol. The first-order valence-corrected chi connectivity index (χ1v) is 9.82. The first kappa shape index (κ1) is 18.6. The van der Waals surface area contributed by atoms with Crippen molar-refractivity contribution in [2.45, 2.75) is 26.3 Å². The number of H-pyrrole nitrogens is 1. The van der Waals surface area contributed by atoms with E-state index in [9.17, 15) is 4.79 Å². The molecule has 0 bridgehead atoms. The number of benzene rings is 2. The van der Waals surface area contributed by atoms with Crippen LogP contribution < -0.4 is 10.2 Å². The van der Waals surface area contributed by atoms with Crippen LogP contribution in [0, 0.1) is 13.8 Å². The molecule has 1 fully saturated rings. The second-order valence-electron chi connectivity index (χ2n) is 7.35. The van der Waals surface area contributed by atoms with Gasteiger partial charge in [-0.25, -0.2) is 0 Å². The largest absolute Gasteiger partial charge is 0.353 e. The Kier molecular flexibility index (Phi) is 5.09. The summed E-state index contributed by atoms with van der Waals surface area (Å²) in [5.41, 5.74) is 5.04. The monoisotopic (exact) mass is 394 g/mol. The molecule has 0 unspecified atom stereocenters. The van der Waals surface area contributed by atoms with Crippen LogP contribution in [0.5, 0.6) is 0 Å². The fraction of sp³-hybridized carbons (Fsp3) is 0.273. The van der Waals surface area contributed by atoms with Gasteiger partial charge in [0.1, 0.15) is 0 Å². The topological polar surface area (TPSA) is 61.0 Å². The average Bonchev–Trinajstić information content (AvgIpc) is 3.34. The van der Waals surface area contributed by atoms with Crippen LogP contribution in [0.2, 0.25) is 5.02 Å². The Bertz CT molecular complexity index is 996. The van der Waals surface area contributed by atoms with Crippen LogP contribution in [0.4, 0.5) is 5.82 Å². The van der Waals surface area contributed by atoms with Gasteiger partial charge in [0, 0.05) is 35.8 Å². The molecule has 1 aromatic heterocycles. The molecule has 0 aliphatic carbocycles. The maximum atomic E-state index is 12.6. The molecule has 1 aliphatic heterocycles. The minimum Gasteiger partial charge on any atom is -0.353 e. The van der Waals surface area contributed by atoms with Gasteiger partial charge in [-0.3, -0.25) is 9.89 Å². The van der Waals surface area contributed by atoms with E-state index in [-0.39, 0.29) is 11.9 Å². The number of aromatic nitrogens is 2. The summed E-state index contributed by atoms with van der Waals surface area (Å²) in [6.45, 7) is 5.69. The molecule has 0 radical (unpaired) electrons. The predicted octanol–water partition coefficient (Wildman–Crippen LogP) is 4.36. The zero-order chi connectivity index (χ0) is 19.7. The summed E-state index contributed by atoms with van der Waals surface area (Å²) < 4.78 is 0. The number of amides is 1. The van der Waals surface area contributed by atoms with Crippen molar-refractivity contribution in [3.8, 4) is 11.3 Å². The number of halogens is 1. The van der Waals surface area contributed by atoms with E-state index in [2.05, 4.69) is 20.4 Å². The highest BCUT2D eigenvalue weighted by atomic mass is 35.5. The minimum atomic E-state index is -0.0150. The summed E-state index contributed by atoms with van der Waals surface area (Å²) in [6, 6.07) is 15.7. The molecular formula is C22H23ClN4O. The summed E-state index contributed by atoms with van der Waals surface area (Å²) in [5, 5.41) is 11.4. The van der Waals surface area contributed by atoms with Gasteiger partial charge >= 0.3 is 0 Å². The molecule has 1 atom stereocenters. The number of nitrogens with one attached hydrogen (secondary N) is 2. The number of anilines is 1. The minimum absolute atomic E-state index is 0.0150. The lowest BCUT2D eigenvalue weighted by molar-refractivity contribution is 0.0940. The van der Waals surface area contributed by atoms with Crippen LogP contribution in [0.15, 0.2) is 48.5 Å². The quantitative estimate of drug-likeness (QED) is 0.691. The van der Waals surface area contributed by atoms with E-state index < -0.39 is 0 Å². The lowest BCUT2D eigenvalue weighted by Crippen LogP contribution is -2.37. The van der Waals surface area contributed by atoms with Gasteiger partial charge in [0.25, 0.3) is 5.91 Å². The van der Waals surface area contributed by atoms with Crippen molar-refractivity contribution in [3.05, 3.63) is 70.2 Å². The van der Waals surface area contributed by atoms with Crippen LogP contribution in [-0.4, -0.2) is 35.2 Å². The normalized spacial score (nSPS) is 16.4. The molecule has 6 heteroatoms. The molecule has 1 saturated heterocycles. The number of aryl methyl sites for hydroxylation is 2. The van der Waals surface area contributed by atoms with E-state index in [1.807, 2.05) is 62.4 Å². The third kappa shape index (κ3) is 3.90. The van der Waals surface area contributed by atoms with E-state index >= 15 is 0 Å². The summed E-state index contributed by atoms with van der Waals surface area (Å²) in [7, 11) is 0. The van der Waals surface area contributed by atoms with Crippen molar-refractivity contribution >= 4 is 23.3 Å². The molecule has 1 amide bonds. The third-order valence-electron chi connectivity index (χ3n) is 5.34. The van der Waals surface area contributed by atoms with Gasteiger partial charge < -0.3 is 10.2 Å². The van der Waals surface area contributed by atoms with Crippen molar-refractivity contribution in [1.29, 1.82) is 0 Å². The Morgan fingerprint density at radius 2 is 1.93 bits per heavy atom. The highest BCUT2D eigenvalue weighted by Crippen LogP contribution is 2.25. The molecule has 4 rings (SSSR count). The smallest absolute Gasteiger partial charge is 0.251 e. The lowest BCUT2D eigenvalue weighted by atomic mass is 10.1. The van der Waals surface area contributed by atoms with E-state index in [1.165, 1.54) is 5.56 Å². The van der Waals surface area contributed by atoms with Crippen LogP contribution in [0.3, 0.4) is 0 Å². The number of rotatable bonds is 4. The number of carbonyl (C=O) groups is 1. The van der Waals surface area contributed by atoms with Gasteiger partial charge in [-0.2, -0.15) is 5.10 Å². The highest BCUT2D eigenvalue weighted by Gasteiger charge is 2.26. The SMILES string of the molecule is Cc1ccc(C(=O)N[C@@H]2CCN(c3cc(-c4ccc(Cl)cc4)[nH]n3)C2)cc1C. The van der Waals surface area contributed by atoms with Crippen molar-refractivity contribution in [2.24, 2.45) is 0 Å². The zero-order valence-electron chi connectivity index (χ0n) is 16.0. The molecule has 5 nitrogen and oxygen atoms in total. The predicted molar refractivity (Wildman–Crippen MR) is 113 cm³/mol. The van der Waals surface area contributed by atoms with Crippen LogP contribution >= 0.6 is 11.6 Å². The summed E-state index contributed by atoms with van der Waals surface area (Å²) >= 11 is 5.96. The van der Waals surface area contributed by atoms with E-state index in [0.717, 1.165) is 42.1 Å². The highest BCUT2D eigenvalue weighted by molar-refractivity contribution is 6.30. The maximum Gasteiger partial charge on any atom is 0.251 e. The number of nitrogens with zero attached hydrogens (tertiary/aromatic N) is 2. The van der Waals surface area contributed by atoms with Crippen LogP contribution in [0.1, 0.15) is 27.9 Å². The van der Waals surface area contributed by atoms with Crippen molar-refractivity contribution in [2.75, 3.05) is 18.0 Å². The van der Waals surface area contributed by atoms with Crippen LogP contribution in [-0.2, 0) is 0 Å². The molecule has 1 aliphatic rings. The zero-order valence-corrected chi connectivity index (χ0v) is 16.8. The Hall–Kier alpha value is -2.79. The van der Waals surface area contributed by atoms with E-state index in [0.29, 0.717) is 10.6 Å². The Morgan fingerprint density at radius 3 is 2.68 bits per heavy atom. The van der Waals surface area contributed by atoms with Gasteiger partial charge in [0.15, 0.2) is 5.82 Å². The van der Waals surface area contributed by atoms with Crippen molar-refractivity contribution in [1.82, 2.24) is 15.5 Å².